The first-order chi connectivity index (χ1) is 15.2. The number of allylic oxidation sites excluding steroid dienone is 1. The summed E-state index contributed by atoms with van der Waals surface area (Å²) in [6, 6.07) is 14.1. The van der Waals surface area contributed by atoms with E-state index in [1.165, 1.54) is 17.9 Å². The third kappa shape index (κ3) is 6.44. The molecule has 0 radical (unpaired) electrons. The van der Waals surface area contributed by atoms with Crippen LogP contribution in [0.1, 0.15) is 27.9 Å². The van der Waals surface area contributed by atoms with Gasteiger partial charge in [-0.3, -0.25) is 9.36 Å². The van der Waals surface area contributed by atoms with E-state index >= 15 is 0 Å². The molecule has 1 unspecified atom stereocenters. The second-order valence-electron chi connectivity index (χ2n) is 6.82. The number of halogens is 1. The zero-order valence-corrected chi connectivity index (χ0v) is 22.3. The molecule has 0 aliphatic rings. The van der Waals surface area contributed by atoms with Crippen LogP contribution in [0, 0.1) is 22.7 Å². The summed E-state index contributed by atoms with van der Waals surface area (Å²) in [5.41, 5.74) is 2.03. The maximum Gasteiger partial charge on any atom is 1.00 e. The van der Waals surface area contributed by atoms with Crippen molar-refractivity contribution in [1.29, 1.82) is 10.5 Å². The molecule has 3 aromatic rings. The van der Waals surface area contributed by atoms with E-state index in [1.54, 1.807) is 42.5 Å². The molecule has 0 amide bonds. The van der Waals surface area contributed by atoms with Crippen molar-refractivity contribution in [3.63, 3.8) is 0 Å². The molecular formula is C22H16BrN3NaO5P. The number of aromatic nitrogens is 1. The Hall–Kier alpha value is -2.20. The van der Waals surface area contributed by atoms with Gasteiger partial charge in [0.25, 0.3) is 0 Å². The molecule has 8 nitrogen and oxygen atoms in total. The molecule has 0 aliphatic heterocycles. The molecule has 1 atom stereocenters. The Balaban J connectivity index is 0.00000385. The number of ether oxygens (including phenoxy) is 1. The molecule has 11 heteroatoms. The minimum Gasteiger partial charge on any atom is -0.779 e. The molecule has 162 valence electrons. The van der Waals surface area contributed by atoms with Crippen molar-refractivity contribution >= 4 is 52.0 Å². The maximum absolute atomic E-state index is 12.7. The average molecular weight is 536 g/mol. The van der Waals surface area contributed by atoms with E-state index in [1.807, 2.05) is 6.07 Å². The van der Waals surface area contributed by atoms with Gasteiger partial charge in [0.2, 0.25) is 5.91 Å². The van der Waals surface area contributed by atoms with Crippen LogP contribution in [-0.2, 0) is 4.57 Å². The van der Waals surface area contributed by atoms with E-state index in [0.717, 1.165) is 4.47 Å². The maximum atomic E-state index is 12.7. The minimum atomic E-state index is -4.58. The Morgan fingerprint density at radius 3 is 2.64 bits per heavy atom. The van der Waals surface area contributed by atoms with Crippen LogP contribution < -0.4 is 39.2 Å². The van der Waals surface area contributed by atoms with E-state index in [4.69, 9.17) is 9.63 Å². The summed E-state index contributed by atoms with van der Waals surface area (Å²) in [5.74, 6) is -0.0815. The molecule has 2 aromatic carbocycles. The first kappa shape index (κ1) is 27.0. The van der Waals surface area contributed by atoms with Crippen molar-refractivity contribution in [3.8, 4) is 17.9 Å². The van der Waals surface area contributed by atoms with Gasteiger partial charge in [-0.25, -0.2) is 0 Å². The monoisotopic (exact) mass is 535 g/mol. The van der Waals surface area contributed by atoms with Crippen molar-refractivity contribution in [2.75, 3.05) is 13.3 Å². The van der Waals surface area contributed by atoms with Crippen molar-refractivity contribution in [1.82, 2.24) is 4.57 Å². The Labute approximate surface area is 220 Å². The fourth-order valence-electron chi connectivity index (χ4n) is 3.22. The Kier molecular flexibility index (Phi) is 9.25. The standard InChI is InChI=1S/C22H17BrN3O5P.Na/c1-31-21-5-2-14(11-24)8-15(21)9-16(12-25)19-13-26(22(27)6-7-32(28,29)30)20-4-3-17(23)10-18(19)20;/h2-5,8-10,13H,6-7H2,1H3,(H2,28,29,30);/q;+1/p-1/b16-9+;. The number of rotatable bonds is 6. The fourth-order valence-corrected chi connectivity index (χ4v) is 4.06. The number of methoxy groups -OCH3 is 1. The third-order valence-electron chi connectivity index (χ3n) is 4.71. The molecule has 0 bridgehead atoms. The van der Waals surface area contributed by atoms with E-state index in [0.29, 0.717) is 33.3 Å². The van der Waals surface area contributed by atoms with Gasteiger partial charge >= 0.3 is 29.6 Å². The van der Waals surface area contributed by atoms with E-state index in [-0.39, 0.29) is 35.1 Å². The van der Waals surface area contributed by atoms with Gasteiger partial charge in [0.1, 0.15) is 13.3 Å². The first-order valence-corrected chi connectivity index (χ1v) is 11.8. The molecule has 1 aromatic heterocycles. The molecule has 0 spiro atoms. The molecule has 33 heavy (non-hydrogen) atoms. The Bertz CT molecular complexity index is 1380. The van der Waals surface area contributed by atoms with Crippen LogP contribution in [0.25, 0.3) is 22.6 Å². The smallest absolute Gasteiger partial charge is 0.779 e. The number of fused-ring (bicyclic) bond motifs is 1. The molecule has 1 heterocycles. The van der Waals surface area contributed by atoms with Crippen LogP contribution in [0.4, 0.5) is 0 Å². The van der Waals surface area contributed by atoms with Gasteiger partial charge in [-0.2, -0.15) is 10.5 Å². The van der Waals surface area contributed by atoms with Crippen LogP contribution in [0.15, 0.2) is 47.1 Å². The summed E-state index contributed by atoms with van der Waals surface area (Å²) in [7, 11) is -3.11. The molecule has 0 aliphatic carbocycles. The summed E-state index contributed by atoms with van der Waals surface area (Å²) < 4.78 is 18.4. The number of benzene rings is 2. The number of carbonyl (C=O) groups is 1. The predicted octanol–water partition coefficient (Wildman–Crippen LogP) is 0.928. The second-order valence-corrected chi connectivity index (χ2v) is 9.46. The normalized spacial score (nSPS) is 12.8. The van der Waals surface area contributed by atoms with Crippen LogP contribution >= 0.6 is 23.5 Å². The summed E-state index contributed by atoms with van der Waals surface area (Å²) in [5, 5.41) is 19.7. The fraction of sp³-hybridized carbons (Fsp3) is 0.136. The van der Waals surface area contributed by atoms with E-state index in [2.05, 4.69) is 22.0 Å². The second kappa shape index (κ2) is 11.3. The SMILES string of the molecule is COc1ccc(C#N)cc1/C=C(\C#N)c1cn(C(=O)CCP(=O)([O-])O)c2ccc(Br)cc12.[Na+]. The predicted molar refractivity (Wildman–Crippen MR) is 121 cm³/mol. The van der Waals surface area contributed by atoms with Crippen molar-refractivity contribution in [2.24, 2.45) is 0 Å². The first-order valence-electron chi connectivity index (χ1n) is 9.24. The van der Waals surface area contributed by atoms with Crippen molar-refractivity contribution in [2.45, 2.75) is 6.42 Å². The molecule has 0 saturated heterocycles. The molecular weight excluding hydrogens is 520 g/mol. The Morgan fingerprint density at radius 1 is 1.30 bits per heavy atom. The number of hydrogen-bond acceptors (Lipinski definition) is 6. The van der Waals surface area contributed by atoms with Gasteiger partial charge < -0.3 is 19.1 Å². The van der Waals surface area contributed by atoms with Crippen LogP contribution in [0.2, 0.25) is 0 Å². The summed E-state index contributed by atoms with van der Waals surface area (Å²) >= 11 is 3.39. The van der Waals surface area contributed by atoms with Gasteiger partial charge in [0.05, 0.1) is 35.9 Å². The van der Waals surface area contributed by atoms with Gasteiger partial charge in [-0.05, 0) is 42.5 Å². The zero-order chi connectivity index (χ0) is 23.5. The van der Waals surface area contributed by atoms with Gasteiger partial charge in [-0.15, -0.1) is 0 Å². The van der Waals surface area contributed by atoms with Gasteiger partial charge in [-0.1, -0.05) is 15.9 Å². The largest absolute Gasteiger partial charge is 1.00 e. The van der Waals surface area contributed by atoms with Gasteiger partial charge in [0, 0.05) is 39.8 Å². The van der Waals surface area contributed by atoms with Crippen molar-refractivity contribution in [3.05, 3.63) is 63.8 Å². The molecule has 0 saturated carbocycles. The molecule has 1 N–H and O–H groups in total. The van der Waals surface area contributed by atoms with Crippen LogP contribution in [0.3, 0.4) is 0 Å². The van der Waals surface area contributed by atoms with Gasteiger partial charge in [0.15, 0.2) is 0 Å². The number of nitriles is 2. The van der Waals surface area contributed by atoms with E-state index in [9.17, 15) is 24.8 Å². The van der Waals surface area contributed by atoms with Crippen LogP contribution in [0.5, 0.6) is 5.75 Å². The Morgan fingerprint density at radius 2 is 2.03 bits per heavy atom. The summed E-state index contributed by atoms with van der Waals surface area (Å²) in [6.07, 6.45) is 1.92. The zero-order valence-electron chi connectivity index (χ0n) is 17.8. The number of hydrogen-bond donors (Lipinski definition) is 1. The number of nitrogens with zero attached hydrogens (tertiary/aromatic N) is 3. The van der Waals surface area contributed by atoms with Crippen molar-refractivity contribution < 1.29 is 53.4 Å². The average Bonchev–Trinajstić information content (AvgIpc) is 3.13. The topological polar surface area (TPSA) is 139 Å². The number of carbonyl (C=O) groups excluding carboxylic acids is 1. The van der Waals surface area contributed by atoms with E-state index < -0.39 is 26.1 Å². The minimum absolute atomic E-state index is 0. The molecule has 3 rings (SSSR count). The summed E-state index contributed by atoms with van der Waals surface area (Å²) in [6.45, 7) is 0. The summed E-state index contributed by atoms with van der Waals surface area (Å²) in [4.78, 5) is 32.8. The van der Waals surface area contributed by atoms with Crippen LogP contribution in [-0.4, -0.2) is 28.6 Å². The molecule has 0 fully saturated rings. The quantitative estimate of drug-likeness (QED) is 0.281. The third-order valence-corrected chi connectivity index (χ3v) is 5.99.